The van der Waals surface area contributed by atoms with Gasteiger partial charge in [-0.25, -0.2) is 8.42 Å². The van der Waals surface area contributed by atoms with E-state index >= 15 is 0 Å². The van der Waals surface area contributed by atoms with Gasteiger partial charge in [-0.1, -0.05) is 0 Å². The van der Waals surface area contributed by atoms with Crippen molar-refractivity contribution in [1.29, 1.82) is 0 Å². The third-order valence-corrected chi connectivity index (χ3v) is 5.35. The van der Waals surface area contributed by atoms with Gasteiger partial charge in [0.25, 0.3) is 0 Å². The highest BCUT2D eigenvalue weighted by Gasteiger charge is 2.30. The van der Waals surface area contributed by atoms with E-state index in [9.17, 15) is 8.42 Å². The number of hydrogen-bond donors (Lipinski definition) is 0. The lowest BCUT2D eigenvalue weighted by atomic mass is 10.3. The largest absolute Gasteiger partial charge is 0.492 e. The highest BCUT2D eigenvalue weighted by atomic mass is 35.5. The normalized spacial score (nSPS) is 19.4. The quantitative estimate of drug-likeness (QED) is 0.749. The summed E-state index contributed by atoms with van der Waals surface area (Å²) in [5, 5.41) is 0. The zero-order chi connectivity index (χ0) is 14.6. The summed E-state index contributed by atoms with van der Waals surface area (Å²) in [6.07, 6.45) is 0.729. The SMILES string of the molecule is CN(C1CCOC1)S(=O)(=O)c1ccc(OCCCl)cc1. The Kier molecular flexibility index (Phi) is 5.26. The Balaban J connectivity index is 2.12. The average molecular weight is 320 g/mol. The van der Waals surface area contributed by atoms with Gasteiger partial charge in [0.1, 0.15) is 12.4 Å². The van der Waals surface area contributed by atoms with Crippen LogP contribution in [-0.4, -0.2) is 51.5 Å². The molecule has 0 saturated carbocycles. The van der Waals surface area contributed by atoms with Gasteiger partial charge in [-0.2, -0.15) is 4.31 Å². The molecule has 0 N–H and O–H groups in total. The van der Waals surface area contributed by atoms with Crippen molar-refractivity contribution in [2.24, 2.45) is 0 Å². The fourth-order valence-corrected chi connectivity index (χ4v) is 3.48. The van der Waals surface area contributed by atoms with E-state index in [1.54, 1.807) is 31.3 Å². The molecule has 20 heavy (non-hydrogen) atoms. The Hall–Kier alpha value is -0.820. The molecular formula is C13H18ClNO4S. The number of nitrogens with zero attached hydrogens (tertiary/aromatic N) is 1. The van der Waals surface area contributed by atoms with Gasteiger partial charge in [0.2, 0.25) is 10.0 Å². The van der Waals surface area contributed by atoms with Gasteiger partial charge in [0.15, 0.2) is 0 Å². The second kappa shape index (κ2) is 6.76. The number of likely N-dealkylation sites (N-methyl/N-ethyl adjacent to an activating group) is 1. The number of ether oxygens (including phenoxy) is 2. The third kappa shape index (κ3) is 3.44. The first-order valence-corrected chi connectivity index (χ1v) is 8.38. The first-order valence-electron chi connectivity index (χ1n) is 6.40. The summed E-state index contributed by atoms with van der Waals surface area (Å²) < 4.78 is 36.8. The standard InChI is InChI=1S/C13H18ClNO4S/c1-15(11-6-8-18-10-11)20(16,17)13-4-2-12(3-5-13)19-9-7-14/h2-5,11H,6-10H2,1H3. The molecule has 1 aromatic rings. The van der Waals surface area contributed by atoms with E-state index in [1.807, 2.05) is 0 Å². The summed E-state index contributed by atoms with van der Waals surface area (Å²) in [5.74, 6) is 1.00. The van der Waals surface area contributed by atoms with Gasteiger partial charge in [0.05, 0.1) is 23.4 Å². The van der Waals surface area contributed by atoms with Crippen LogP contribution in [0.15, 0.2) is 29.2 Å². The molecule has 0 spiro atoms. The molecule has 1 aromatic carbocycles. The second-order valence-electron chi connectivity index (χ2n) is 4.55. The summed E-state index contributed by atoms with van der Waals surface area (Å²) in [6.45, 7) is 1.45. The molecule has 1 atom stereocenters. The molecule has 1 unspecified atom stereocenters. The number of rotatable bonds is 6. The van der Waals surface area contributed by atoms with Crippen molar-refractivity contribution in [3.63, 3.8) is 0 Å². The van der Waals surface area contributed by atoms with Crippen molar-refractivity contribution in [3.05, 3.63) is 24.3 Å². The summed E-state index contributed by atoms with van der Waals surface area (Å²) in [4.78, 5) is 0.255. The van der Waals surface area contributed by atoms with Gasteiger partial charge < -0.3 is 9.47 Å². The fourth-order valence-electron chi connectivity index (χ4n) is 2.04. The molecule has 2 rings (SSSR count). The van der Waals surface area contributed by atoms with Crippen LogP contribution in [0, 0.1) is 0 Å². The number of sulfonamides is 1. The van der Waals surface area contributed by atoms with Crippen LogP contribution in [0.3, 0.4) is 0 Å². The monoisotopic (exact) mass is 319 g/mol. The first kappa shape index (κ1) is 15.6. The minimum Gasteiger partial charge on any atom is -0.492 e. The molecule has 1 heterocycles. The highest BCUT2D eigenvalue weighted by Crippen LogP contribution is 2.22. The predicted octanol–water partition coefficient (Wildman–Crippen LogP) is 1.71. The molecule has 0 amide bonds. The van der Waals surface area contributed by atoms with Gasteiger partial charge in [0, 0.05) is 13.7 Å². The molecule has 0 aromatic heterocycles. The number of halogens is 1. The van der Waals surface area contributed by atoms with E-state index in [1.165, 1.54) is 4.31 Å². The number of hydrogen-bond acceptors (Lipinski definition) is 4. The van der Waals surface area contributed by atoms with Crippen LogP contribution in [-0.2, 0) is 14.8 Å². The third-order valence-electron chi connectivity index (χ3n) is 3.27. The molecule has 7 heteroatoms. The maximum absolute atomic E-state index is 12.5. The van der Waals surface area contributed by atoms with Crippen molar-refractivity contribution in [2.45, 2.75) is 17.4 Å². The smallest absolute Gasteiger partial charge is 0.243 e. The summed E-state index contributed by atoms with van der Waals surface area (Å²) in [6, 6.07) is 6.28. The van der Waals surface area contributed by atoms with Crippen LogP contribution in [0.25, 0.3) is 0 Å². The van der Waals surface area contributed by atoms with E-state index in [-0.39, 0.29) is 10.9 Å². The van der Waals surface area contributed by atoms with Gasteiger partial charge in [-0.05, 0) is 30.7 Å². The van der Waals surface area contributed by atoms with E-state index in [0.717, 1.165) is 6.42 Å². The van der Waals surface area contributed by atoms with Gasteiger partial charge in [-0.15, -0.1) is 11.6 Å². The van der Waals surface area contributed by atoms with Crippen molar-refractivity contribution < 1.29 is 17.9 Å². The number of benzene rings is 1. The van der Waals surface area contributed by atoms with Crippen molar-refractivity contribution in [2.75, 3.05) is 32.7 Å². The second-order valence-corrected chi connectivity index (χ2v) is 6.92. The molecule has 1 aliphatic heterocycles. The topological polar surface area (TPSA) is 55.8 Å². The van der Waals surface area contributed by atoms with E-state index < -0.39 is 10.0 Å². The predicted molar refractivity (Wildman–Crippen MR) is 76.8 cm³/mol. The van der Waals surface area contributed by atoms with Crippen molar-refractivity contribution in [1.82, 2.24) is 4.31 Å². The van der Waals surface area contributed by atoms with Crippen LogP contribution in [0.1, 0.15) is 6.42 Å². The molecule has 1 saturated heterocycles. The molecule has 0 radical (unpaired) electrons. The first-order chi connectivity index (χ1) is 9.55. The maximum Gasteiger partial charge on any atom is 0.243 e. The maximum atomic E-state index is 12.5. The Morgan fingerprint density at radius 2 is 2.10 bits per heavy atom. The lowest BCUT2D eigenvalue weighted by molar-refractivity contribution is 0.181. The van der Waals surface area contributed by atoms with Gasteiger partial charge >= 0.3 is 0 Å². The molecule has 5 nitrogen and oxygen atoms in total. The minimum atomic E-state index is -3.49. The van der Waals surface area contributed by atoms with Gasteiger partial charge in [-0.3, -0.25) is 0 Å². The molecule has 112 valence electrons. The van der Waals surface area contributed by atoms with E-state index in [0.29, 0.717) is 31.5 Å². The Morgan fingerprint density at radius 1 is 1.40 bits per heavy atom. The van der Waals surface area contributed by atoms with Crippen LogP contribution < -0.4 is 4.74 Å². The summed E-state index contributed by atoms with van der Waals surface area (Å²) >= 11 is 5.53. The molecular weight excluding hydrogens is 302 g/mol. The van der Waals surface area contributed by atoms with E-state index in [2.05, 4.69) is 0 Å². The van der Waals surface area contributed by atoms with Crippen LogP contribution >= 0.6 is 11.6 Å². The Bertz CT molecular complexity index is 526. The number of alkyl halides is 1. The molecule has 0 aliphatic carbocycles. The molecule has 1 fully saturated rings. The minimum absolute atomic E-state index is 0.0906. The van der Waals surface area contributed by atoms with E-state index in [4.69, 9.17) is 21.1 Å². The average Bonchev–Trinajstić information content (AvgIpc) is 2.98. The van der Waals surface area contributed by atoms with Crippen LogP contribution in [0.5, 0.6) is 5.75 Å². The summed E-state index contributed by atoms with van der Waals surface area (Å²) in [5.41, 5.74) is 0. The Morgan fingerprint density at radius 3 is 2.65 bits per heavy atom. The zero-order valence-corrected chi connectivity index (χ0v) is 12.9. The highest BCUT2D eigenvalue weighted by molar-refractivity contribution is 7.89. The zero-order valence-electron chi connectivity index (χ0n) is 11.3. The van der Waals surface area contributed by atoms with Crippen LogP contribution in [0.4, 0.5) is 0 Å². The van der Waals surface area contributed by atoms with Crippen molar-refractivity contribution in [3.8, 4) is 5.75 Å². The Labute approximate surface area is 124 Å². The lowest BCUT2D eigenvalue weighted by Gasteiger charge is -2.22. The van der Waals surface area contributed by atoms with Crippen molar-refractivity contribution >= 4 is 21.6 Å². The van der Waals surface area contributed by atoms with Crippen LogP contribution in [0.2, 0.25) is 0 Å². The molecule has 1 aliphatic rings. The summed E-state index contributed by atoms with van der Waals surface area (Å²) in [7, 11) is -1.90. The molecule has 0 bridgehead atoms. The fraction of sp³-hybridized carbons (Fsp3) is 0.538. The lowest BCUT2D eigenvalue weighted by Crippen LogP contribution is -2.37.